The smallest absolute Gasteiger partial charge is 0.741 e. The molecule has 0 N–H and O–H groups in total. The van der Waals surface area contributed by atoms with Gasteiger partial charge >= 0.3 is 33.0 Å². The number of para-hydroxylation sites is 2. The number of benzene rings is 4. The number of ether oxygens (including phenoxy) is 1. The monoisotopic (exact) mass is 1120 g/mol. The van der Waals surface area contributed by atoms with E-state index in [1.165, 1.54) is 39.4 Å². The van der Waals surface area contributed by atoms with Crippen LogP contribution in [0.15, 0.2) is 103 Å². The average Bonchev–Trinajstić information content (AvgIpc) is 3.84. The van der Waals surface area contributed by atoms with Gasteiger partial charge in [-0.25, -0.2) is 21.4 Å². The summed E-state index contributed by atoms with van der Waals surface area (Å²) >= 11 is 0. The summed E-state index contributed by atoms with van der Waals surface area (Å²) in [5, 5.41) is 0.216. The number of hydrogen-bond donors (Lipinski definition) is 0. The standard InChI is InChI=1S/C27H36N2.C21H24N2O3S.CHF3O3S.Au/c1-18(2)22-11-9-12-23(19(3)4)26(22)28-15-16-29(17-28)27-24(20(5)6)13-10-14-25(27)21(7)8;1-15-12-16(2)20(17(3)13-15)23-11-10-22(4)21(23)27(24,25)14-18-6-8-19(26-5)9-7-18;2-1(3,4)8(5,6)7;/h9-16,18-21H,1-8H3;6-14H,1-5H3;(H,5,6,7);/q;;;+1/p-1. The number of aryl methyl sites for hydroxylation is 4. The van der Waals surface area contributed by atoms with Crippen molar-refractivity contribution in [2.24, 2.45) is 7.05 Å². The number of methoxy groups -OCH3 is 1. The minimum Gasteiger partial charge on any atom is -0.741 e. The van der Waals surface area contributed by atoms with Gasteiger partial charge in [0, 0.05) is 12.4 Å². The predicted molar refractivity (Wildman–Crippen MR) is 247 cm³/mol. The summed E-state index contributed by atoms with van der Waals surface area (Å²) in [5.74, 6) is 3.81. The Kier molecular flexibility index (Phi) is 18.8. The van der Waals surface area contributed by atoms with E-state index in [9.17, 15) is 21.6 Å². The zero-order valence-electron chi connectivity index (χ0n) is 39.1. The number of anilines is 2. The van der Waals surface area contributed by atoms with Crippen molar-refractivity contribution in [3.63, 3.8) is 0 Å². The first-order chi connectivity index (χ1) is 29.7. The van der Waals surface area contributed by atoms with Gasteiger partial charge in [0.15, 0.2) is 10.1 Å². The predicted octanol–water partition coefficient (Wildman–Crippen LogP) is 11.2. The SMILES string of the molecule is CC(C)c1cccc(C(C)C)c1N1[C]N(c2c(C(C)C)cccc2C(C)C)C=C1.COc1ccc([CH-]S(=O)(=O)c2n(-c3c(C)cc(C)cc3C)cc[n+]2C)cc1.O=S(=O)([O-])C(F)(F)F.[Au+]. The summed E-state index contributed by atoms with van der Waals surface area (Å²) in [6, 6.07) is 24.5. The van der Waals surface area contributed by atoms with Gasteiger partial charge in [-0.3, -0.25) is 0 Å². The molecule has 0 saturated heterocycles. The van der Waals surface area contributed by atoms with E-state index in [2.05, 4.69) is 133 Å². The van der Waals surface area contributed by atoms with Crippen LogP contribution in [0.25, 0.3) is 5.69 Å². The quantitative estimate of drug-likeness (QED) is 0.0422. The molecule has 0 amide bonds. The minimum absolute atomic E-state index is 0. The van der Waals surface area contributed by atoms with E-state index >= 15 is 0 Å². The molecule has 1 aromatic heterocycles. The van der Waals surface area contributed by atoms with Crippen LogP contribution in [-0.2, 0) is 49.4 Å². The molecule has 0 aliphatic carbocycles. The molecule has 16 heteroatoms. The number of aromatic nitrogens is 2. The van der Waals surface area contributed by atoms with Crippen LogP contribution in [0.5, 0.6) is 5.75 Å². The van der Waals surface area contributed by atoms with Gasteiger partial charge < -0.3 is 19.1 Å². The first-order valence-electron chi connectivity index (χ1n) is 20.9. The summed E-state index contributed by atoms with van der Waals surface area (Å²) in [7, 11) is -6.45. The van der Waals surface area contributed by atoms with E-state index < -0.39 is 25.5 Å². The van der Waals surface area contributed by atoms with Crippen LogP contribution in [0.4, 0.5) is 24.5 Å². The van der Waals surface area contributed by atoms with E-state index in [1.54, 1.807) is 60.0 Å². The maximum absolute atomic E-state index is 13.2. The largest absolute Gasteiger partial charge is 1.00 e. The van der Waals surface area contributed by atoms with Gasteiger partial charge in [0.25, 0.3) is 0 Å². The van der Waals surface area contributed by atoms with E-state index in [-0.39, 0.29) is 27.5 Å². The second-order valence-electron chi connectivity index (χ2n) is 17.0. The van der Waals surface area contributed by atoms with Gasteiger partial charge in [-0.15, -0.1) is 0 Å². The maximum Gasteiger partial charge on any atom is 1.00 e. The van der Waals surface area contributed by atoms with Crippen LogP contribution >= 0.6 is 0 Å². The van der Waals surface area contributed by atoms with Crippen molar-refractivity contribution in [2.45, 2.75) is 110 Å². The fourth-order valence-electron chi connectivity index (χ4n) is 7.58. The molecule has 0 saturated carbocycles. The molecule has 1 aliphatic rings. The van der Waals surface area contributed by atoms with Crippen molar-refractivity contribution >= 4 is 31.3 Å². The van der Waals surface area contributed by atoms with Crippen molar-refractivity contribution < 1.29 is 66.2 Å². The van der Waals surface area contributed by atoms with Crippen LogP contribution in [0, 0.1) is 33.2 Å². The summed E-state index contributed by atoms with van der Waals surface area (Å²) in [6.07, 6.45) is 7.87. The van der Waals surface area contributed by atoms with Crippen molar-refractivity contribution in [3.8, 4) is 11.4 Å². The molecule has 0 bridgehead atoms. The molecule has 65 heavy (non-hydrogen) atoms. The third kappa shape index (κ3) is 13.3. The number of sulfone groups is 1. The van der Waals surface area contributed by atoms with E-state index in [4.69, 9.17) is 17.7 Å². The molecule has 0 spiro atoms. The Morgan fingerprint density at radius 2 is 1.08 bits per heavy atom. The third-order valence-corrected chi connectivity index (χ3v) is 12.7. The van der Waals surface area contributed by atoms with Crippen molar-refractivity contribution in [3.05, 3.63) is 155 Å². The second kappa shape index (κ2) is 22.3. The molecule has 10 nitrogen and oxygen atoms in total. The van der Waals surface area contributed by atoms with Crippen LogP contribution in [-0.4, -0.2) is 38.6 Å². The molecule has 2 heterocycles. The fraction of sp³-hybridized carbons (Fsp3) is 0.367. The Balaban J connectivity index is 0.000000293. The second-order valence-corrected chi connectivity index (χ2v) is 20.0. The van der Waals surface area contributed by atoms with Gasteiger partial charge in [0.05, 0.1) is 31.3 Å². The van der Waals surface area contributed by atoms with Gasteiger partial charge in [0.1, 0.15) is 18.1 Å². The number of alkyl halides is 3. The van der Waals surface area contributed by atoms with E-state index in [1.807, 2.05) is 20.8 Å². The molecule has 0 atom stereocenters. The minimum atomic E-state index is -6.09. The molecule has 5 aromatic rings. The fourth-order valence-corrected chi connectivity index (χ4v) is 9.09. The molecule has 0 unspecified atom stereocenters. The Morgan fingerprint density at radius 3 is 1.42 bits per heavy atom. The van der Waals surface area contributed by atoms with Crippen LogP contribution < -0.4 is 19.1 Å². The van der Waals surface area contributed by atoms with Gasteiger partial charge in [-0.1, -0.05) is 127 Å². The first kappa shape index (κ1) is 54.8. The van der Waals surface area contributed by atoms with Gasteiger partial charge in [-0.2, -0.15) is 35.4 Å². The Morgan fingerprint density at radius 1 is 0.692 bits per heavy atom. The molecule has 2 radical (unpaired) electrons. The third-order valence-electron chi connectivity index (χ3n) is 10.5. The van der Waals surface area contributed by atoms with Crippen molar-refractivity contribution in [2.75, 3.05) is 16.9 Å². The number of nitrogens with zero attached hydrogens (tertiary/aromatic N) is 4. The van der Waals surface area contributed by atoms with Crippen LogP contribution in [0.1, 0.15) is 124 Å². The van der Waals surface area contributed by atoms with E-state index in [0.29, 0.717) is 35.0 Å². The van der Waals surface area contributed by atoms with Crippen molar-refractivity contribution in [1.29, 1.82) is 0 Å². The molecule has 1 aliphatic heterocycles. The molecule has 0 fully saturated rings. The normalized spacial score (nSPS) is 12.9. The number of rotatable bonds is 11. The summed E-state index contributed by atoms with van der Waals surface area (Å²) in [5.41, 5.74) is 7.11. The van der Waals surface area contributed by atoms with Crippen molar-refractivity contribution in [1.82, 2.24) is 4.57 Å². The summed E-state index contributed by atoms with van der Waals surface area (Å²) in [4.78, 5) is 4.40. The van der Waals surface area contributed by atoms with Gasteiger partial charge in [0.2, 0.25) is 16.5 Å². The summed E-state index contributed by atoms with van der Waals surface area (Å²) in [6.45, 7) is 27.8. The Hall–Kier alpha value is -4.51. The average molecular weight is 1120 g/mol. The molecular formula is C49H60AuF3N4O6S2. The topological polar surface area (TPSA) is 116 Å². The number of imidazole rings is 1. The zero-order valence-corrected chi connectivity index (χ0v) is 42.9. The van der Waals surface area contributed by atoms with Crippen LogP contribution in [0.2, 0.25) is 0 Å². The van der Waals surface area contributed by atoms with Gasteiger partial charge in [-0.05, 0) is 77.8 Å². The molecule has 356 valence electrons. The molecule has 6 rings (SSSR count). The molecular weight excluding hydrogens is 1060 g/mol. The van der Waals surface area contributed by atoms with E-state index in [0.717, 1.165) is 22.4 Å². The van der Waals surface area contributed by atoms with Crippen LogP contribution in [0.3, 0.4) is 0 Å². The number of halogens is 3. The summed E-state index contributed by atoms with van der Waals surface area (Å²) < 4.78 is 93.8. The Labute approximate surface area is 400 Å². The maximum atomic E-state index is 13.2. The zero-order chi connectivity index (χ0) is 48.1. The Bertz CT molecular complexity index is 2510. The first-order valence-corrected chi connectivity index (χ1v) is 23.8. The molecule has 4 aromatic carbocycles. The number of hydrogen-bond acceptors (Lipinski definition) is 8.